The second-order valence-corrected chi connectivity index (χ2v) is 3.39. The molecule has 3 heteroatoms. The third-order valence-electron chi connectivity index (χ3n) is 1.55. The van der Waals surface area contributed by atoms with E-state index in [9.17, 15) is 0 Å². The Balaban J connectivity index is 1.96. The van der Waals surface area contributed by atoms with Gasteiger partial charge in [0.1, 0.15) is 0 Å². The summed E-state index contributed by atoms with van der Waals surface area (Å²) in [4.78, 5) is 0. The Kier molecular flexibility index (Phi) is 4.99. The smallest absolute Gasteiger partial charge is 0.0724 e. The van der Waals surface area contributed by atoms with Gasteiger partial charge in [-0.05, 0) is 35.2 Å². The van der Waals surface area contributed by atoms with Crippen molar-refractivity contribution in [3.8, 4) is 0 Å². The highest BCUT2D eigenvalue weighted by atomic mass is 32.1. The van der Waals surface area contributed by atoms with Gasteiger partial charge in [0.2, 0.25) is 0 Å². The maximum absolute atomic E-state index is 8.50. The summed E-state index contributed by atoms with van der Waals surface area (Å²) < 4.78 is 5.38. The Bertz CT molecular complexity index is 184. The van der Waals surface area contributed by atoms with Crippen LogP contribution >= 0.6 is 11.3 Å². The highest BCUT2D eigenvalue weighted by Gasteiger charge is 1.92. The average Bonchev–Trinajstić information content (AvgIpc) is 2.57. The van der Waals surface area contributed by atoms with Crippen LogP contribution in [-0.4, -0.2) is 18.3 Å². The number of unbranched alkanes of at least 4 members (excludes halogenated alkanes) is 1. The van der Waals surface area contributed by atoms with Crippen molar-refractivity contribution in [2.24, 2.45) is 0 Å². The number of thiophene rings is 1. The molecule has 1 aromatic heterocycles. The van der Waals surface area contributed by atoms with E-state index in [1.54, 1.807) is 11.3 Å². The number of rotatable bonds is 6. The minimum atomic E-state index is 0.266. The summed E-state index contributed by atoms with van der Waals surface area (Å²) in [6.45, 7) is 1.72. The van der Waals surface area contributed by atoms with E-state index in [0.717, 1.165) is 19.4 Å². The van der Waals surface area contributed by atoms with E-state index >= 15 is 0 Å². The van der Waals surface area contributed by atoms with E-state index in [4.69, 9.17) is 9.84 Å². The molecule has 0 saturated heterocycles. The first-order valence-electron chi connectivity index (χ1n) is 4.13. The molecule has 0 aromatic carbocycles. The van der Waals surface area contributed by atoms with Gasteiger partial charge in [0, 0.05) is 13.2 Å². The van der Waals surface area contributed by atoms with Gasteiger partial charge in [-0.2, -0.15) is 11.3 Å². The average molecular weight is 186 g/mol. The highest BCUT2D eigenvalue weighted by molar-refractivity contribution is 7.07. The molecule has 2 nitrogen and oxygen atoms in total. The summed E-state index contributed by atoms with van der Waals surface area (Å²) in [6.07, 6.45) is 1.78. The van der Waals surface area contributed by atoms with Gasteiger partial charge in [-0.15, -0.1) is 0 Å². The van der Waals surface area contributed by atoms with E-state index in [1.165, 1.54) is 5.56 Å². The van der Waals surface area contributed by atoms with Crippen LogP contribution in [-0.2, 0) is 11.3 Å². The molecular weight excluding hydrogens is 172 g/mol. The van der Waals surface area contributed by atoms with Crippen molar-refractivity contribution in [2.45, 2.75) is 19.4 Å². The van der Waals surface area contributed by atoms with Crippen molar-refractivity contribution >= 4 is 11.3 Å². The third kappa shape index (κ3) is 3.85. The molecule has 0 fully saturated rings. The topological polar surface area (TPSA) is 29.5 Å². The number of hydrogen-bond acceptors (Lipinski definition) is 3. The lowest BCUT2D eigenvalue weighted by molar-refractivity contribution is 0.113. The fourth-order valence-electron chi connectivity index (χ4n) is 0.881. The Hall–Kier alpha value is -0.380. The van der Waals surface area contributed by atoms with Gasteiger partial charge in [0.25, 0.3) is 0 Å². The van der Waals surface area contributed by atoms with Crippen LogP contribution in [0.2, 0.25) is 0 Å². The monoisotopic (exact) mass is 186 g/mol. The Morgan fingerprint density at radius 1 is 1.42 bits per heavy atom. The standard InChI is InChI=1S/C9H14O2S/c10-4-1-2-5-11-7-9-3-6-12-8-9/h3,6,8,10H,1-2,4-5,7H2. The van der Waals surface area contributed by atoms with E-state index in [0.29, 0.717) is 6.61 Å². The molecule has 0 aliphatic heterocycles. The van der Waals surface area contributed by atoms with Crippen molar-refractivity contribution in [2.75, 3.05) is 13.2 Å². The molecule has 0 atom stereocenters. The first kappa shape index (κ1) is 9.71. The van der Waals surface area contributed by atoms with Crippen molar-refractivity contribution in [1.29, 1.82) is 0 Å². The highest BCUT2D eigenvalue weighted by Crippen LogP contribution is 2.07. The molecule has 12 heavy (non-hydrogen) atoms. The van der Waals surface area contributed by atoms with E-state index < -0.39 is 0 Å². The van der Waals surface area contributed by atoms with Crippen LogP contribution in [0.1, 0.15) is 18.4 Å². The first-order valence-corrected chi connectivity index (χ1v) is 5.07. The molecule has 1 heterocycles. The van der Waals surface area contributed by atoms with Crippen molar-refractivity contribution in [1.82, 2.24) is 0 Å². The minimum absolute atomic E-state index is 0.266. The predicted molar refractivity (Wildman–Crippen MR) is 50.3 cm³/mol. The van der Waals surface area contributed by atoms with Gasteiger partial charge < -0.3 is 9.84 Å². The summed E-state index contributed by atoms with van der Waals surface area (Å²) in [7, 11) is 0. The minimum Gasteiger partial charge on any atom is -0.396 e. The molecular formula is C9H14O2S. The molecule has 1 N–H and O–H groups in total. The summed E-state index contributed by atoms with van der Waals surface area (Å²) in [5.74, 6) is 0. The summed E-state index contributed by atoms with van der Waals surface area (Å²) in [6, 6.07) is 2.07. The Labute approximate surface area is 76.8 Å². The van der Waals surface area contributed by atoms with Gasteiger partial charge in [-0.3, -0.25) is 0 Å². The number of aliphatic hydroxyl groups excluding tert-OH is 1. The molecule has 0 radical (unpaired) electrons. The number of aliphatic hydroxyl groups is 1. The molecule has 0 spiro atoms. The van der Waals surface area contributed by atoms with Gasteiger partial charge >= 0.3 is 0 Å². The fraction of sp³-hybridized carbons (Fsp3) is 0.556. The lowest BCUT2D eigenvalue weighted by atomic mass is 10.3. The quantitative estimate of drug-likeness (QED) is 0.689. The van der Waals surface area contributed by atoms with E-state index in [1.807, 2.05) is 5.38 Å². The van der Waals surface area contributed by atoms with Gasteiger partial charge in [-0.1, -0.05) is 0 Å². The van der Waals surface area contributed by atoms with E-state index in [2.05, 4.69) is 11.4 Å². The number of ether oxygens (including phenoxy) is 1. The van der Waals surface area contributed by atoms with Gasteiger partial charge in [-0.25, -0.2) is 0 Å². The summed E-state index contributed by atoms with van der Waals surface area (Å²) >= 11 is 1.69. The van der Waals surface area contributed by atoms with Crippen LogP contribution in [0.15, 0.2) is 16.8 Å². The largest absolute Gasteiger partial charge is 0.396 e. The summed E-state index contributed by atoms with van der Waals surface area (Å²) in [5.41, 5.74) is 1.24. The molecule has 0 saturated carbocycles. The SMILES string of the molecule is OCCCCOCc1ccsc1. The molecule has 0 aliphatic rings. The normalized spacial score (nSPS) is 10.4. The van der Waals surface area contributed by atoms with Crippen molar-refractivity contribution < 1.29 is 9.84 Å². The Morgan fingerprint density at radius 3 is 3.00 bits per heavy atom. The van der Waals surface area contributed by atoms with Crippen molar-refractivity contribution in [3.63, 3.8) is 0 Å². The second-order valence-electron chi connectivity index (χ2n) is 2.61. The van der Waals surface area contributed by atoms with Gasteiger partial charge in [0.05, 0.1) is 6.61 Å². The van der Waals surface area contributed by atoms with Crippen LogP contribution in [0, 0.1) is 0 Å². The van der Waals surface area contributed by atoms with Crippen LogP contribution in [0.25, 0.3) is 0 Å². The number of hydrogen-bond donors (Lipinski definition) is 1. The zero-order valence-electron chi connectivity index (χ0n) is 7.03. The maximum Gasteiger partial charge on any atom is 0.0724 e. The molecule has 68 valence electrons. The third-order valence-corrected chi connectivity index (χ3v) is 2.28. The van der Waals surface area contributed by atoms with Crippen LogP contribution < -0.4 is 0 Å². The molecule has 0 bridgehead atoms. The maximum atomic E-state index is 8.50. The lowest BCUT2D eigenvalue weighted by Crippen LogP contribution is -1.95. The van der Waals surface area contributed by atoms with E-state index in [-0.39, 0.29) is 6.61 Å². The first-order chi connectivity index (χ1) is 5.93. The molecule has 0 unspecified atom stereocenters. The molecule has 1 rings (SSSR count). The zero-order chi connectivity index (χ0) is 8.65. The van der Waals surface area contributed by atoms with Crippen LogP contribution in [0.3, 0.4) is 0 Å². The van der Waals surface area contributed by atoms with Gasteiger partial charge in [0.15, 0.2) is 0 Å². The fourth-order valence-corrected chi connectivity index (χ4v) is 1.53. The molecule has 0 amide bonds. The zero-order valence-corrected chi connectivity index (χ0v) is 7.85. The lowest BCUT2D eigenvalue weighted by Gasteiger charge is -2.00. The molecule has 0 aliphatic carbocycles. The van der Waals surface area contributed by atoms with Crippen LogP contribution in [0.5, 0.6) is 0 Å². The second kappa shape index (κ2) is 6.17. The predicted octanol–water partition coefficient (Wildman–Crippen LogP) is 2.04. The van der Waals surface area contributed by atoms with Crippen LogP contribution in [0.4, 0.5) is 0 Å². The Morgan fingerprint density at radius 2 is 2.33 bits per heavy atom. The summed E-state index contributed by atoms with van der Waals surface area (Å²) in [5, 5.41) is 12.6. The molecule has 1 aromatic rings. The van der Waals surface area contributed by atoms with Crippen molar-refractivity contribution in [3.05, 3.63) is 22.4 Å².